The number of nitriles is 1. The maximum atomic E-state index is 12.0. The molecular formula is C21H28N4O2. The van der Waals surface area contributed by atoms with Gasteiger partial charge in [0.15, 0.2) is 0 Å². The highest BCUT2D eigenvalue weighted by molar-refractivity contribution is 5.67. The average Bonchev–Trinajstić information content (AvgIpc) is 2.96. The number of alkyl carbamates (subject to hydrolysis) is 1. The first-order valence-electron chi connectivity index (χ1n) is 9.57. The summed E-state index contributed by atoms with van der Waals surface area (Å²) in [7, 11) is 0. The van der Waals surface area contributed by atoms with E-state index in [1.807, 2.05) is 55.8 Å². The molecule has 144 valence electrons. The predicted molar refractivity (Wildman–Crippen MR) is 104 cm³/mol. The van der Waals surface area contributed by atoms with Crippen molar-refractivity contribution < 1.29 is 9.53 Å². The predicted octanol–water partition coefficient (Wildman–Crippen LogP) is 3.69. The second-order valence-electron chi connectivity index (χ2n) is 8.14. The summed E-state index contributed by atoms with van der Waals surface area (Å²) in [6, 6.07) is 8.50. The van der Waals surface area contributed by atoms with Crippen LogP contribution in [0.1, 0.15) is 51.2 Å². The van der Waals surface area contributed by atoms with Gasteiger partial charge in [0.1, 0.15) is 11.7 Å². The van der Waals surface area contributed by atoms with E-state index >= 15 is 0 Å². The molecule has 6 heteroatoms. The molecule has 3 heterocycles. The van der Waals surface area contributed by atoms with E-state index in [-0.39, 0.29) is 12.1 Å². The molecule has 1 aliphatic heterocycles. The van der Waals surface area contributed by atoms with Gasteiger partial charge in [-0.25, -0.2) is 4.79 Å². The fourth-order valence-corrected chi connectivity index (χ4v) is 3.66. The summed E-state index contributed by atoms with van der Waals surface area (Å²) in [6.07, 6.45) is 6.96. The number of nitrogens with zero attached hydrogens (tertiary/aromatic N) is 3. The van der Waals surface area contributed by atoms with Crippen molar-refractivity contribution in [3.63, 3.8) is 0 Å². The Hall–Kier alpha value is -2.52. The van der Waals surface area contributed by atoms with Crippen LogP contribution in [0.5, 0.6) is 0 Å². The average molecular weight is 368 g/mol. The summed E-state index contributed by atoms with van der Waals surface area (Å²) in [6.45, 7) is 7.83. The van der Waals surface area contributed by atoms with Crippen molar-refractivity contribution in [2.75, 3.05) is 13.1 Å². The molecule has 1 aliphatic rings. The molecule has 2 aromatic heterocycles. The Bertz CT molecular complexity index is 844. The number of fused-ring (bicyclic) bond motifs is 1. The smallest absolute Gasteiger partial charge is 0.407 e. The molecule has 1 amide bonds. The lowest BCUT2D eigenvalue weighted by molar-refractivity contribution is 0.0492. The number of ether oxygens (including phenoxy) is 1. The molecule has 0 aromatic carbocycles. The van der Waals surface area contributed by atoms with E-state index in [0.717, 1.165) is 42.5 Å². The number of pyridine rings is 1. The van der Waals surface area contributed by atoms with Gasteiger partial charge in [0, 0.05) is 37.1 Å². The molecule has 1 saturated heterocycles. The highest BCUT2D eigenvalue weighted by atomic mass is 16.6. The number of hydrogen-bond donors (Lipinski definition) is 1. The van der Waals surface area contributed by atoms with Crippen molar-refractivity contribution in [2.45, 2.75) is 58.2 Å². The van der Waals surface area contributed by atoms with Gasteiger partial charge in [0.2, 0.25) is 0 Å². The summed E-state index contributed by atoms with van der Waals surface area (Å²) in [5.74, 6) is 0. The number of rotatable bonds is 4. The number of piperidine rings is 1. The van der Waals surface area contributed by atoms with E-state index in [2.05, 4.69) is 16.3 Å². The normalized spacial score (nSPS) is 18.2. The third-order valence-corrected chi connectivity index (χ3v) is 4.88. The number of nitrogens with one attached hydrogen (secondary N) is 1. The third-order valence-electron chi connectivity index (χ3n) is 4.88. The number of carbonyl (C=O) groups excluding carboxylic acids is 1. The van der Waals surface area contributed by atoms with Crippen molar-refractivity contribution in [3.05, 3.63) is 41.7 Å². The molecule has 1 unspecified atom stereocenters. The zero-order valence-electron chi connectivity index (χ0n) is 16.4. The van der Waals surface area contributed by atoms with Crippen molar-refractivity contribution >= 4 is 11.6 Å². The van der Waals surface area contributed by atoms with Crippen molar-refractivity contribution in [3.8, 4) is 6.07 Å². The first-order valence-corrected chi connectivity index (χ1v) is 9.57. The maximum absolute atomic E-state index is 12.0. The number of likely N-dealkylation sites (tertiary alicyclic amines) is 1. The largest absolute Gasteiger partial charge is 0.444 e. The van der Waals surface area contributed by atoms with Gasteiger partial charge in [0.25, 0.3) is 0 Å². The van der Waals surface area contributed by atoms with Crippen LogP contribution in [0.4, 0.5) is 4.79 Å². The Morgan fingerprint density at radius 3 is 2.93 bits per heavy atom. The van der Waals surface area contributed by atoms with Crippen LogP contribution in [0.3, 0.4) is 0 Å². The highest BCUT2D eigenvalue weighted by Gasteiger charge is 2.25. The van der Waals surface area contributed by atoms with Gasteiger partial charge >= 0.3 is 6.09 Å². The van der Waals surface area contributed by atoms with Gasteiger partial charge < -0.3 is 14.5 Å². The fraction of sp³-hybridized carbons (Fsp3) is 0.524. The maximum Gasteiger partial charge on any atom is 0.407 e. The first kappa shape index (κ1) is 19.2. The van der Waals surface area contributed by atoms with E-state index in [1.165, 1.54) is 0 Å². The molecule has 0 saturated carbocycles. The van der Waals surface area contributed by atoms with Crippen LogP contribution < -0.4 is 5.32 Å². The molecule has 1 N–H and O–H groups in total. The fourth-order valence-electron chi connectivity index (χ4n) is 3.66. The van der Waals surface area contributed by atoms with Crippen molar-refractivity contribution in [1.29, 1.82) is 5.26 Å². The number of amides is 1. The van der Waals surface area contributed by atoms with Gasteiger partial charge in [-0.1, -0.05) is 12.5 Å². The minimum absolute atomic E-state index is 0.251. The lowest BCUT2D eigenvalue weighted by atomic mass is 10.0. The monoisotopic (exact) mass is 368 g/mol. The number of hydrogen-bond acceptors (Lipinski definition) is 4. The van der Waals surface area contributed by atoms with E-state index in [1.54, 1.807) is 0 Å². The SMILES string of the molecule is CC(C)(C)OC(=O)NCC1CCCCN1Cc1cn2ccccc2c1C#N. The van der Waals surface area contributed by atoms with Crippen LogP contribution >= 0.6 is 0 Å². The zero-order valence-corrected chi connectivity index (χ0v) is 16.4. The van der Waals surface area contributed by atoms with Crippen LogP contribution in [0.25, 0.3) is 5.52 Å². The topological polar surface area (TPSA) is 69.8 Å². The Morgan fingerprint density at radius 2 is 2.19 bits per heavy atom. The Labute approximate surface area is 160 Å². The van der Waals surface area contributed by atoms with Crippen molar-refractivity contribution in [2.24, 2.45) is 0 Å². The summed E-state index contributed by atoms with van der Waals surface area (Å²) in [5.41, 5.74) is 2.22. The molecule has 3 rings (SSSR count). The molecule has 0 bridgehead atoms. The Morgan fingerprint density at radius 1 is 1.37 bits per heavy atom. The van der Waals surface area contributed by atoms with Gasteiger partial charge in [0.05, 0.1) is 11.1 Å². The summed E-state index contributed by atoms with van der Waals surface area (Å²) in [5, 5.41) is 12.5. The van der Waals surface area contributed by atoms with Crippen LogP contribution in [0, 0.1) is 11.3 Å². The van der Waals surface area contributed by atoms with E-state index in [4.69, 9.17) is 4.74 Å². The molecule has 27 heavy (non-hydrogen) atoms. The number of aromatic nitrogens is 1. The third kappa shape index (κ3) is 4.81. The second-order valence-corrected chi connectivity index (χ2v) is 8.14. The standard InChI is InChI=1S/C21H28N4O2/c1-21(2,3)27-20(26)23-13-17-8-4-6-10-24(17)14-16-15-25-11-7-5-9-19(25)18(16)12-22/h5,7,9,11,15,17H,4,6,8,10,13-14H2,1-3H3,(H,23,26). The quantitative estimate of drug-likeness (QED) is 0.893. The Balaban J connectivity index is 1.69. The number of carbonyl (C=O) groups is 1. The molecular weight excluding hydrogens is 340 g/mol. The lowest BCUT2D eigenvalue weighted by Gasteiger charge is -2.35. The van der Waals surface area contributed by atoms with Gasteiger partial charge in [-0.2, -0.15) is 5.26 Å². The van der Waals surface area contributed by atoms with Crippen LogP contribution in [0.2, 0.25) is 0 Å². The highest BCUT2D eigenvalue weighted by Crippen LogP contribution is 2.24. The lowest BCUT2D eigenvalue weighted by Crippen LogP contribution is -2.47. The second kappa shape index (κ2) is 8.01. The zero-order chi connectivity index (χ0) is 19.4. The molecule has 1 atom stereocenters. The molecule has 0 aliphatic carbocycles. The van der Waals surface area contributed by atoms with Gasteiger partial charge in [-0.3, -0.25) is 4.90 Å². The molecule has 0 radical (unpaired) electrons. The van der Waals surface area contributed by atoms with E-state index in [9.17, 15) is 10.1 Å². The van der Waals surface area contributed by atoms with E-state index < -0.39 is 5.60 Å². The summed E-state index contributed by atoms with van der Waals surface area (Å²) >= 11 is 0. The molecule has 1 fully saturated rings. The summed E-state index contributed by atoms with van der Waals surface area (Å²) in [4.78, 5) is 14.4. The summed E-state index contributed by atoms with van der Waals surface area (Å²) < 4.78 is 7.35. The minimum Gasteiger partial charge on any atom is -0.444 e. The Kier molecular flexibility index (Phi) is 5.71. The van der Waals surface area contributed by atoms with Gasteiger partial charge in [-0.15, -0.1) is 0 Å². The van der Waals surface area contributed by atoms with Gasteiger partial charge in [-0.05, 0) is 52.3 Å². The van der Waals surface area contributed by atoms with Crippen LogP contribution in [0.15, 0.2) is 30.6 Å². The van der Waals surface area contributed by atoms with Crippen LogP contribution in [-0.2, 0) is 11.3 Å². The molecule has 0 spiro atoms. The first-order chi connectivity index (χ1) is 12.9. The molecule has 2 aromatic rings. The van der Waals surface area contributed by atoms with Crippen LogP contribution in [-0.4, -0.2) is 40.1 Å². The minimum atomic E-state index is -0.495. The van der Waals surface area contributed by atoms with E-state index in [0.29, 0.717) is 13.1 Å². The molecule has 6 nitrogen and oxygen atoms in total. The van der Waals surface area contributed by atoms with Crippen molar-refractivity contribution in [1.82, 2.24) is 14.6 Å².